The standard InChI is InChI=1S/C19H22ClN3/c1-2-3-9-16(21)19-22-17-10-4-5-11-18(17)23(19)13-14-7-6-8-15(20)12-14/h4-8,10-12,16H,2-3,9,13,21H2,1H3. The van der Waals surface area contributed by atoms with Crippen LogP contribution in [-0.2, 0) is 6.54 Å². The highest BCUT2D eigenvalue weighted by Gasteiger charge is 2.16. The van der Waals surface area contributed by atoms with Crippen LogP contribution in [0.5, 0.6) is 0 Å². The maximum atomic E-state index is 6.42. The summed E-state index contributed by atoms with van der Waals surface area (Å²) < 4.78 is 2.22. The van der Waals surface area contributed by atoms with Crippen molar-refractivity contribution < 1.29 is 0 Å². The maximum Gasteiger partial charge on any atom is 0.127 e. The molecule has 1 heterocycles. The van der Waals surface area contributed by atoms with Crippen molar-refractivity contribution in [3.63, 3.8) is 0 Å². The van der Waals surface area contributed by atoms with Gasteiger partial charge in [-0.25, -0.2) is 4.98 Å². The largest absolute Gasteiger partial charge is 0.322 e. The summed E-state index contributed by atoms with van der Waals surface area (Å²) in [6, 6.07) is 16.1. The zero-order valence-electron chi connectivity index (χ0n) is 13.4. The lowest BCUT2D eigenvalue weighted by Crippen LogP contribution is -2.17. The summed E-state index contributed by atoms with van der Waals surface area (Å²) in [5.74, 6) is 0.958. The van der Waals surface area contributed by atoms with Crippen LogP contribution in [0.15, 0.2) is 48.5 Å². The first-order chi connectivity index (χ1) is 11.2. The van der Waals surface area contributed by atoms with Crippen LogP contribution in [0.25, 0.3) is 11.0 Å². The van der Waals surface area contributed by atoms with Gasteiger partial charge in [-0.1, -0.05) is 55.6 Å². The van der Waals surface area contributed by atoms with E-state index in [0.29, 0.717) is 0 Å². The smallest absolute Gasteiger partial charge is 0.127 e. The molecule has 0 aliphatic carbocycles. The third kappa shape index (κ3) is 3.57. The lowest BCUT2D eigenvalue weighted by atomic mass is 10.1. The van der Waals surface area contributed by atoms with Crippen LogP contribution < -0.4 is 5.73 Å². The molecule has 3 nitrogen and oxygen atoms in total. The Morgan fingerprint density at radius 3 is 2.78 bits per heavy atom. The topological polar surface area (TPSA) is 43.8 Å². The number of unbranched alkanes of at least 4 members (excludes halogenated alkanes) is 1. The van der Waals surface area contributed by atoms with E-state index in [9.17, 15) is 0 Å². The Morgan fingerprint density at radius 2 is 2.00 bits per heavy atom. The maximum absolute atomic E-state index is 6.42. The van der Waals surface area contributed by atoms with Crippen molar-refractivity contribution in [2.75, 3.05) is 0 Å². The number of rotatable bonds is 6. The molecule has 0 aliphatic rings. The van der Waals surface area contributed by atoms with Gasteiger partial charge in [-0.2, -0.15) is 0 Å². The van der Waals surface area contributed by atoms with E-state index in [1.54, 1.807) is 0 Å². The zero-order valence-corrected chi connectivity index (χ0v) is 14.1. The monoisotopic (exact) mass is 327 g/mol. The number of aromatic nitrogens is 2. The summed E-state index contributed by atoms with van der Waals surface area (Å²) in [7, 11) is 0. The van der Waals surface area contributed by atoms with Crippen LogP contribution in [0.4, 0.5) is 0 Å². The molecule has 0 spiro atoms. The average Bonchev–Trinajstić information content (AvgIpc) is 2.91. The number of halogens is 1. The van der Waals surface area contributed by atoms with E-state index in [1.165, 1.54) is 0 Å². The SMILES string of the molecule is CCCCC(N)c1nc2ccccc2n1Cc1cccc(Cl)c1. The second kappa shape index (κ2) is 7.16. The van der Waals surface area contributed by atoms with Crippen LogP contribution in [-0.4, -0.2) is 9.55 Å². The van der Waals surface area contributed by atoms with Crippen LogP contribution in [0.2, 0.25) is 5.02 Å². The van der Waals surface area contributed by atoms with Crippen LogP contribution in [0.1, 0.15) is 43.6 Å². The number of para-hydroxylation sites is 2. The van der Waals surface area contributed by atoms with Gasteiger partial charge >= 0.3 is 0 Å². The van der Waals surface area contributed by atoms with Gasteiger partial charge in [-0.3, -0.25) is 0 Å². The van der Waals surface area contributed by atoms with E-state index in [0.717, 1.165) is 53.3 Å². The Kier molecular flexibility index (Phi) is 4.99. The average molecular weight is 328 g/mol. The quantitative estimate of drug-likeness (QED) is 0.697. The van der Waals surface area contributed by atoms with E-state index in [1.807, 2.05) is 36.4 Å². The number of nitrogens with two attached hydrogens (primary N) is 1. The predicted octanol–water partition coefficient (Wildman–Crippen LogP) is 4.93. The summed E-state index contributed by atoms with van der Waals surface area (Å²) in [5.41, 5.74) is 9.69. The Morgan fingerprint density at radius 1 is 1.17 bits per heavy atom. The fraction of sp³-hybridized carbons (Fsp3) is 0.316. The van der Waals surface area contributed by atoms with E-state index in [2.05, 4.69) is 23.6 Å². The molecule has 3 rings (SSSR count). The highest BCUT2D eigenvalue weighted by Crippen LogP contribution is 2.24. The summed E-state index contributed by atoms with van der Waals surface area (Å²) in [6.45, 7) is 2.91. The van der Waals surface area contributed by atoms with Gasteiger partial charge < -0.3 is 10.3 Å². The third-order valence-corrected chi connectivity index (χ3v) is 4.35. The zero-order chi connectivity index (χ0) is 16.2. The van der Waals surface area contributed by atoms with Gasteiger partial charge in [-0.05, 0) is 36.2 Å². The molecule has 4 heteroatoms. The molecule has 0 radical (unpaired) electrons. The minimum Gasteiger partial charge on any atom is -0.322 e. The van der Waals surface area contributed by atoms with Crippen molar-refractivity contribution in [3.05, 3.63) is 64.9 Å². The second-order valence-corrected chi connectivity index (χ2v) is 6.36. The molecule has 0 bridgehead atoms. The van der Waals surface area contributed by atoms with Crippen molar-refractivity contribution in [3.8, 4) is 0 Å². The summed E-state index contributed by atoms with van der Waals surface area (Å²) in [6.07, 6.45) is 3.21. The fourth-order valence-corrected chi connectivity index (χ4v) is 3.13. The van der Waals surface area contributed by atoms with E-state index in [4.69, 9.17) is 22.3 Å². The first-order valence-electron chi connectivity index (χ1n) is 8.14. The lowest BCUT2D eigenvalue weighted by molar-refractivity contribution is 0.552. The number of imidazole rings is 1. The Labute approximate surface area is 142 Å². The molecule has 2 N–H and O–H groups in total. The van der Waals surface area contributed by atoms with Crippen LogP contribution in [0, 0.1) is 0 Å². The van der Waals surface area contributed by atoms with Gasteiger partial charge in [0.05, 0.1) is 17.1 Å². The Bertz CT molecular complexity index is 794. The summed E-state index contributed by atoms with van der Waals surface area (Å²) >= 11 is 6.12. The molecule has 0 amide bonds. The number of nitrogens with zero attached hydrogens (tertiary/aromatic N) is 2. The highest BCUT2D eigenvalue weighted by atomic mass is 35.5. The molecule has 120 valence electrons. The van der Waals surface area contributed by atoms with E-state index >= 15 is 0 Å². The molecular weight excluding hydrogens is 306 g/mol. The lowest BCUT2D eigenvalue weighted by Gasteiger charge is -2.15. The van der Waals surface area contributed by atoms with Gasteiger partial charge in [0.2, 0.25) is 0 Å². The van der Waals surface area contributed by atoms with Crippen molar-refractivity contribution in [2.45, 2.75) is 38.8 Å². The van der Waals surface area contributed by atoms with Crippen LogP contribution in [0.3, 0.4) is 0 Å². The van der Waals surface area contributed by atoms with Gasteiger partial charge in [-0.15, -0.1) is 0 Å². The first kappa shape index (κ1) is 16.0. The molecule has 3 aromatic rings. The minimum absolute atomic E-state index is 0.0402. The normalized spacial score (nSPS) is 12.7. The number of benzene rings is 2. The van der Waals surface area contributed by atoms with Crippen molar-refractivity contribution in [2.24, 2.45) is 5.73 Å². The first-order valence-corrected chi connectivity index (χ1v) is 8.52. The molecule has 1 unspecified atom stereocenters. The molecule has 0 saturated heterocycles. The van der Waals surface area contributed by atoms with Gasteiger partial charge in [0.25, 0.3) is 0 Å². The molecule has 0 fully saturated rings. The molecular formula is C19H22ClN3. The molecule has 0 aliphatic heterocycles. The molecule has 0 saturated carbocycles. The predicted molar refractivity (Wildman–Crippen MR) is 96.7 cm³/mol. The highest BCUT2D eigenvalue weighted by molar-refractivity contribution is 6.30. The third-order valence-electron chi connectivity index (χ3n) is 4.11. The van der Waals surface area contributed by atoms with Crippen molar-refractivity contribution in [1.82, 2.24) is 9.55 Å². The van der Waals surface area contributed by atoms with Gasteiger partial charge in [0, 0.05) is 11.6 Å². The minimum atomic E-state index is -0.0402. The molecule has 2 aromatic carbocycles. The van der Waals surface area contributed by atoms with Gasteiger partial charge in [0.1, 0.15) is 5.82 Å². The van der Waals surface area contributed by atoms with E-state index < -0.39 is 0 Å². The second-order valence-electron chi connectivity index (χ2n) is 5.92. The fourth-order valence-electron chi connectivity index (χ4n) is 2.91. The van der Waals surface area contributed by atoms with Crippen molar-refractivity contribution >= 4 is 22.6 Å². The number of hydrogen-bond acceptors (Lipinski definition) is 2. The van der Waals surface area contributed by atoms with Gasteiger partial charge in [0.15, 0.2) is 0 Å². The Hall–Kier alpha value is -1.84. The Balaban J connectivity index is 2.02. The van der Waals surface area contributed by atoms with Crippen molar-refractivity contribution in [1.29, 1.82) is 0 Å². The molecule has 23 heavy (non-hydrogen) atoms. The summed E-state index contributed by atoms with van der Waals surface area (Å²) in [5, 5.41) is 0.753. The van der Waals surface area contributed by atoms with E-state index in [-0.39, 0.29) is 6.04 Å². The molecule has 1 aromatic heterocycles. The number of fused-ring (bicyclic) bond motifs is 1. The summed E-state index contributed by atoms with van der Waals surface area (Å²) in [4.78, 5) is 4.79. The number of hydrogen-bond donors (Lipinski definition) is 1. The van der Waals surface area contributed by atoms with Crippen LogP contribution >= 0.6 is 11.6 Å². The molecule has 1 atom stereocenters.